The van der Waals surface area contributed by atoms with Gasteiger partial charge in [0.05, 0.1) is 17.0 Å². The molecule has 9 nitrogen and oxygen atoms in total. The fraction of sp³-hybridized carbons (Fsp3) is 0.208. The third-order valence-corrected chi connectivity index (χ3v) is 8.90. The van der Waals surface area contributed by atoms with E-state index in [1.807, 2.05) is 35.9 Å². The molecule has 2 aromatic carbocycles. The number of halogens is 2. The zero-order valence-electron chi connectivity index (χ0n) is 18.9. The molecule has 0 bridgehead atoms. The maximum absolute atomic E-state index is 13.1. The summed E-state index contributed by atoms with van der Waals surface area (Å²) in [5, 5.41) is 10.2. The molecule has 0 saturated carbocycles. The Morgan fingerprint density at radius 1 is 1.25 bits per heavy atom. The van der Waals surface area contributed by atoms with Crippen molar-refractivity contribution in [2.24, 2.45) is 0 Å². The number of aliphatic carboxylic acids is 1. The molecule has 36 heavy (non-hydrogen) atoms. The number of carbonyl (C=O) groups is 1. The molecular formula is C24H20Cl2N4O5S. The highest BCUT2D eigenvalue weighted by molar-refractivity contribution is 7.89. The van der Waals surface area contributed by atoms with Crippen LogP contribution in [0.15, 0.2) is 60.0 Å². The largest absolute Gasteiger partial charge is 0.487 e. The van der Waals surface area contributed by atoms with E-state index in [0.29, 0.717) is 11.3 Å². The van der Waals surface area contributed by atoms with E-state index < -0.39 is 22.0 Å². The number of imidazole rings is 1. The van der Waals surface area contributed by atoms with E-state index in [-0.39, 0.29) is 40.1 Å². The lowest BCUT2D eigenvalue weighted by atomic mass is 10.1. The van der Waals surface area contributed by atoms with Gasteiger partial charge < -0.3 is 14.4 Å². The van der Waals surface area contributed by atoms with Crippen LogP contribution in [0.3, 0.4) is 0 Å². The van der Waals surface area contributed by atoms with Crippen LogP contribution in [0.4, 0.5) is 0 Å². The highest BCUT2D eigenvalue weighted by Crippen LogP contribution is 2.37. The summed E-state index contributed by atoms with van der Waals surface area (Å²) in [4.78, 5) is 19.9. The predicted octanol–water partition coefficient (Wildman–Crippen LogP) is 4.46. The van der Waals surface area contributed by atoms with Crippen LogP contribution in [0.1, 0.15) is 17.7 Å². The third-order valence-electron chi connectivity index (χ3n) is 6.06. The molecule has 0 amide bonds. The molecule has 1 aliphatic heterocycles. The van der Waals surface area contributed by atoms with E-state index >= 15 is 0 Å². The van der Waals surface area contributed by atoms with E-state index in [1.165, 1.54) is 12.1 Å². The molecule has 1 aliphatic rings. The number of fused-ring (bicyclic) bond motifs is 1. The summed E-state index contributed by atoms with van der Waals surface area (Å²) in [6.07, 6.45) is 5.46. The molecule has 1 atom stereocenters. The normalized spacial score (nSPS) is 16.1. The van der Waals surface area contributed by atoms with Gasteiger partial charge in [0, 0.05) is 40.6 Å². The molecule has 0 radical (unpaired) electrons. The second kappa shape index (κ2) is 9.36. The molecule has 12 heteroatoms. The lowest BCUT2D eigenvalue weighted by Gasteiger charge is -2.36. The third kappa shape index (κ3) is 4.20. The molecule has 0 spiro atoms. The van der Waals surface area contributed by atoms with Crippen LogP contribution in [-0.4, -0.2) is 50.9 Å². The Hall–Kier alpha value is -3.18. The molecule has 5 rings (SSSR count). The summed E-state index contributed by atoms with van der Waals surface area (Å²) in [6, 6.07) is 9.02. The van der Waals surface area contributed by atoms with Crippen molar-refractivity contribution in [2.45, 2.75) is 30.9 Å². The number of carboxylic acids is 1. The SMILES string of the molecule is Cc1cc(-n2ccnc2)c2cccc(OCc3c(Cl)ccc(S(=O)(=O)N4CC[C@H]4C(=O)O)c3Cl)c2n1. The number of hydrogen-bond acceptors (Lipinski definition) is 6. The molecule has 0 unspecified atom stereocenters. The highest BCUT2D eigenvalue weighted by Gasteiger charge is 2.44. The number of nitrogens with zero attached hydrogens (tertiary/aromatic N) is 4. The lowest BCUT2D eigenvalue weighted by molar-refractivity contribution is -0.144. The number of carboxylic acid groups (broad SMARTS) is 1. The minimum absolute atomic E-state index is 0.102. The monoisotopic (exact) mass is 546 g/mol. The minimum atomic E-state index is -4.13. The van der Waals surface area contributed by atoms with Crippen molar-refractivity contribution in [1.29, 1.82) is 0 Å². The first-order valence-corrected chi connectivity index (χ1v) is 13.1. The van der Waals surface area contributed by atoms with Gasteiger partial charge in [-0.15, -0.1) is 0 Å². The van der Waals surface area contributed by atoms with Gasteiger partial charge in [-0.2, -0.15) is 4.31 Å². The Morgan fingerprint density at radius 3 is 2.72 bits per heavy atom. The van der Waals surface area contributed by atoms with Crippen molar-refractivity contribution in [3.8, 4) is 11.4 Å². The summed E-state index contributed by atoms with van der Waals surface area (Å²) in [5.41, 5.74) is 2.54. The molecular weight excluding hydrogens is 527 g/mol. The van der Waals surface area contributed by atoms with Crippen molar-refractivity contribution in [3.05, 3.63) is 76.4 Å². The number of aromatic nitrogens is 3. The molecule has 0 aliphatic carbocycles. The van der Waals surface area contributed by atoms with Crippen molar-refractivity contribution in [1.82, 2.24) is 18.8 Å². The molecule has 4 aromatic rings. The molecule has 1 N–H and O–H groups in total. The average Bonchev–Trinajstić information content (AvgIpc) is 3.31. The van der Waals surface area contributed by atoms with Crippen molar-refractivity contribution in [3.63, 3.8) is 0 Å². The van der Waals surface area contributed by atoms with Crippen molar-refractivity contribution in [2.75, 3.05) is 6.54 Å². The van der Waals surface area contributed by atoms with E-state index in [2.05, 4.69) is 9.97 Å². The quantitative estimate of drug-likeness (QED) is 0.363. The van der Waals surface area contributed by atoms with Gasteiger partial charge in [-0.05, 0) is 37.6 Å². The number of benzene rings is 2. The number of para-hydroxylation sites is 1. The van der Waals surface area contributed by atoms with Gasteiger partial charge in [-0.25, -0.2) is 18.4 Å². The van der Waals surface area contributed by atoms with Crippen LogP contribution >= 0.6 is 23.2 Å². The number of hydrogen-bond donors (Lipinski definition) is 1. The number of rotatable bonds is 7. The van der Waals surface area contributed by atoms with Gasteiger partial charge in [-0.1, -0.05) is 35.3 Å². The maximum atomic E-state index is 13.1. The molecule has 1 saturated heterocycles. The Kier molecular flexibility index (Phi) is 6.37. The Labute approximate surface area is 216 Å². The van der Waals surface area contributed by atoms with E-state index in [0.717, 1.165) is 21.1 Å². The van der Waals surface area contributed by atoms with Crippen LogP contribution in [0.2, 0.25) is 10.0 Å². The summed E-state index contributed by atoms with van der Waals surface area (Å²) in [7, 11) is -4.13. The first kappa shape index (κ1) is 24.5. The van der Waals surface area contributed by atoms with E-state index in [9.17, 15) is 18.3 Å². The Morgan fingerprint density at radius 2 is 2.06 bits per heavy atom. The molecule has 3 heterocycles. The number of ether oxygens (including phenoxy) is 1. The lowest BCUT2D eigenvalue weighted by Crippen LogP contribution is -2.54. The maximum Gasteiger partial charge on any atom is 0.322 e. The van der Waals surface area contributed by atoms with Gasteiger partial charge in [0.1, 0.15) is 28.8 Å². The molecule has 1 fully saturated rings. The summed E-state index contributed by atoms with van der Waals surface area (Å²) < 4.78 is 35.1. The first-order chi connectivity index (χ1) is 17.2. The summed E-state index contributed by atoms with van der Waals surface area (Å²) in [5.74, 6) is -0.737. The van der Waals surface area contributed by atoms with Gasteiger partial charge in [0.15, 0.2) is 0 Å². The topological polar surface area (TPSA) is 115 Å². The van der Waals surface area contributed by atoms with Crippen LogP contribution < -0.4 is 4.74 Å². The second-order valence-electron chi connectivity index (χ2n) is 8.29. The van der Waals surface area contributed by atoms with Gasteiger partial charge in [0.2, 0.25) is 10.0 Å². The van der Waals surface area contributed by atoms with Crippen molar-refractivity contribution >= 4 is 50.1 Å². The van der Waals surface area contributed by atoms with E-state index in [4.69, 9.17) is 27.9 Å². The molecule has 2 aromatic heterocycles. The summed E-state index contributed by atoms with van der Waals surface area (Å²) in [6.45, 7) is 1.85. The fourth-order valence-electron chi connectivity index (χ4n) is 4.14. The smallest absolute Gasteiger partial charge is 0.322 e. The number of pyridine rings is 1. The number of aryl methyl sites for hydroxylation is 1. The van der Waals surface area contributed by atoms with Gasteiger partial charge >= 0.3 is 5.97 Å². The van der Waals surface area contributed by atoms with E-state index in [1.54, 1.807) is 18.6 Å². The van der Waals surface area contributed by atoms with Crippen LogP contribution in [0.5, 0.6) is 5.75 Å². The van der Waals surface area contributed by atoms with Crippen molar-refractivity contribution < 1.29 is 23.1 Å². The fourth-order valence-corrected chi connectivity index (χ4v) is 6.63. The van der Waals surface area contributed by atoms with Crippen LogP contribution in [-0.2, 0) is 21.4 Å². The standard InChI is InChI=1S/C24H20Cl2N4O5S/c1-14-11-19(29-10-8-27-13-29)15-3-2-4-20(23(15)28-14)35-12-16-17(25)5-6-21(22(16)26)36(33,34)30-9-7-18(30)24(31)32/h2-6,8,10-11,13,18H,7,9,12H2,1H3,(H,31,32)/t18-/m0/s1. The first-order valence-electron chi connectivity index (χ1n) is 10.9. The zero-order chi connectivity index (χ0) is 25.6. The molecule has 186 valence electrons. The highest BCUT2D eigenvalue weighted by atomic mass is 35.5. The number of sulfonamides is 1. The second-order valence-corrected chi connectivity index (χ2v) is 10.9. The van der Waals surface area contributed by atoms with Crippen LogP contribution in [0.25, 0.3) is 16.6 Å². The van der Waals surface area contributed by atoms with Crippen LogP contribution in [0, 0.1) is 6.92 Å². The van der Waals surface area contributed by atoms with Gasteiger partial charge in [-0.3, -0.25) is 4.79 Å². The Bertz CT molecular complexity index is 1590. The van der Waals surface area contributed by atoms with Gasteiger partial charge in [0.25, 0.3) is 0 Å². The summed E-state index contributed by atoms with van der Waals surface area (Å²) >= 11 is 12.9. The Balaban J connectivity index is 1.49. The minimum Gasteiger partial charge on any atom is -0.487 e. The predicted molar refractivity (Wildman–Crippen MR) is 134 cm³/mol. The average molecular weight is 547 g/mol. The zero-order valence-corrected chi connectivity index (χ0v) is 21.3.